The number of methoxy groups -OCH3 is 1. The van der Waals surface area contributed by atoms with Crippen molar-refractivity contribution in [3.63, 3.8) is 0 Å². The molecular weight excluding hydrogens is 268 g/mol. The molecule has 0 aliphatic rings. The summed E-state index contributed by atoms with van der Waals surface area (Å²) < 4.78 is 5.12. The van der Waals surface area contributed by atoms with Gasteiger partial charge in [0, 0.05) is 10.4 Å². The van der Waals surface area contributed by atoms with Gasteiger partial charge in [0.25, 0.3) is 0 Å². The van der Waals surface area contributed by atoms with Gasteiger partial charge >= 0.3 is 0 Å². The topological polar surface area (TPSA) is 26.3 Å². The molecule has 0 fully saturated rings. The summed E-state index contributed by atoms with van der Waals surface area (Å²) in [4.78, 5) is 14.2. The van der Waals surface area contributed by atoms with Crippen LogP contribution in [0.3, 0.4) is 0 Å². The van der Waals surface area contributed by atoms with Crippen LogP contribution in [0.1, 0.15) is 27.0 Å². The second-order valence-electron chi connectivity index (χ2n) is 3.80. The minimum Gasteiger partial charge on any atom is -0.495 e. The molecule has 0 aliphatic carbocycles. The maximum absolute atomic E-state index is 12.3. The van der Waals surface area contributed by atoms with Gasteiger partial charge in [-0.1, -0.05) is 18.5 Å². The van der Waals surface area contributed by atoms with Crippen LogP contribution in [0.5, 0.6) is 5.75 Å². The lowest BCUT2D eigenvalue weighted by molar-refractivity contribution is 0.104. The predicted molar refractivity (Wildman–Crippen MR) is 75.1 cm³/mol. The van der Waals surface area contributed by atoms with Crippen molar-refractivity contribution in [1.29, 1.82) is 0 Å². The summed E-state index contributed by atoms with van der Waals surface area (Å²) in [5, 5.41) is 0.509. The number of aryl methyl sites for hydroxylation is 1. The number of hydrogen-bond acceptors (Lipinski definition) is 3. The first-order valence-electron chi connectivity index (χ1n) is 5.62. The van der Waals surface area contributed by atoms with Crippen LogP contribution in [-0.2, 0) is 6.42 Å². The Labute approximate surface area is 115 Å². The number of rotatable bonds is 4. The fraction of sp³-hybridized carbons (Fsp3) is 0.214. The van der Waals surface area contributed by atoms with Gasteiger partial charge in [-0.2, -0.15) is 0 Å². The van der Waals surface area contributed by atoms with Crippen LogP contribution in [-0.4, -0.2) is 12.9 Å². The van der Waals surface area contributed by atoms with E-state index in [1.165, 1.54) is 23.3 Å². The van der Waals surface area contributed by atoms with Crippen LogP contribution in [0.2, 0.25) is 5.02 Å². The Hall–Kier alpha value is -1.32. The lowest BCUT2D eigenvalue weighted by Gasteiger charge is -2.04. The number of carbonyl (C=O) groups excluding carboxylic acids is 1. The SMILES string of the molecule is CCc1ccc(C(=O)c2ccc(Cl)c(OC)c2)s1. The van der Waals surface area contributed by atoms with Gasteiger partial charge in [-0.3, -0.25) is 4.79 Å². The lowest BCUT2D eigenvalue weighted by atomic mass is 10.1. The molecule has 0 saturated carbocycles. The van der Waals surface area contributed by atoms with Crippen molar-refractivity contribution in [3.05, 3.63) is 50.7 Å². The van der Waals surface area contributed by atoms with Crippen LogP contribution in [0, 0.1) is 0 Å². The van der Waals surface area contributed by atoms with Crippen molar-refractivity contribution < 1.29 is 9.53 Å². The Morgan fingerprint density at radius 2 is 2.11 bits per heavy atom. The van der Waals surface area contributed by atoms with Gasteiger partial charge in [0.2, 0.25) is 5.78 Å². The highest BCUT2D eigenvalue weighted by atomic mass is 35.5. The molecule has 1 aromatic heterocycles. The summed E-state index contributed by atoms with van der Waals surface area (Å²) in [5.41, 5.74) is 0.598. The van der Waals surface area contributed by atoms with Gasteiger partial charge < -0.3 is 4.74 Å². The van der Waals surface area contributed by atoms with Gasteiger partial charge in [0.15, 0.2) is 0 Å². The molecule has 18 heavy (non-hydrogen) atoms. The minimum absolute atomic E-state index is 0.00895. The number of thiophene rings is 1. The Morgan fingerprint density at radius 1 is 1.33 bits per heavy atom. The second kappa shape index (κ2) is 5.55. The van der Waals surface area contributed by atoms with Crippen molar-refractivity contribution in [3.8, 4) is 5.75 Å². The molecule has 2 rings (SSSR count). The van der Waals surface area contributed by atoms with Gasteiger partial charge in [-0.25, -0.2) is 0 Å². The number of ether oxygens (including phenoxy) is 1. The van der Waals surface area contributed by atoms with E-state index >= 15 is 0 Å². The molecule has 0 unspecified atom stereocenters. The smallest absolute Gasteiger partial charge is 0.203 e. The molecule has 94 valence electrons. The van der Waals surface area contributed by atoms with E-state index in [2.05, 4.69) is 6.92 Å². The van der Waals surface area contributed by atoms with Gasteiger partial charge in [-0.05, 0) is 36.8 Å². The molecule has 2 nitrogen and oxygen atoms in total. The first-order chi connectivity index (χ1) is 8.65. The third kappa shape index (κ3) is 2.57. The fourth-order valence-corrected chi connectivity index (χ4v) is 2.74. The molecule has 0 aliphatic heterocycles. The second-order valence-corrected chi connectivity index (χ2v) is 5.37. The van der Waals surface area contributed by atoms with Crippen molar-refractivity contribution >= 4 is 28.7 Å². The molecule has 0 amide bonds. The van der Waals surface area contributed by atoms with Crippen LogP contribution in [0.15, 0.2) is 30.3 Å². The van der Waals surface area contributed by atoms with Crippen LogP contribution >= 0.6 is 22.9 Å². The molecule has 1 aromatic carbocycles. The highest BCUT2D eigenvalue weighted by Crippen LogP contribution is 2.27. The van der Waals surface area contributed by atoms with Gasteiger partial charge in [-0.15, -0.1) is 11.3 Å². The first kappa shape index (κ1) is 13.1. The zero-order valence-corrected chi connectivity index (χ0v) is 11.8. The average Bonchev–Trinajstić information content (AvgIpc) is 2.87. The third-order valence-corrected chi connectivity index (χ3v) is 4.19. The van der Waals surface area contributed by atoms with E-state index in [9.17, 15) is 4.79 Å². The summed E-state index contributed by atoms with van der Waals surface area (Å²) in [7, 11) is 1.54. The van der Waals surface area contributed by atoms with Crippen molar-refractivity contribution in [1.82, 2.24) is 0 Å². The van der Waals surface area contributed by atoms with Crippen LogP contribution in [0.4, 0.5) is 0 Å². The summed E-state index contributed by atoms with van der Waals surface area (Å²) in [5.74, 6) is 0.532. The molecule has 0 spiro atoms. The molecule has 4 heteroatoms. The maximum Gasteiger partial charge on any atom is 0.203 e. The molecule has 0 bridgehead atoms. The van der Waals surface area contributed by atoms with Crippen molar-refractivity contribution in [2.45, 2.75) is 13.3 Å². The predicted octanol–water partition coefficient (Wildman–Crippen LogP) is 4.20. The number of halogens is 1. The van der Waals surface area contributed by atoms with Gasteiger partial charge in [0.1, 0.15) is 5.75 Å². The minimum atomic E-state index is 0.00895. The quantitative estimate of drug-likeness (QED) is 0.785. The fourth-order valence-electron chi connectivity index (χ4n) is 1.63. The third-order valence-electron chi connectivity index (χ3n) is 2.65. The Morgan fingerprint density at radius 3 is 2.72 bits per heavy atom. The monoisotopic (exact) mass is 280 g/mol. The maximum atomic E-state index is 12.3. The van der Waals surface area contributed by atoms with E-state index in [1.807, 2.05) is 12.1 Å². The summed E-state index contributed by atoms with van der Waals surface area (Å²) in [6.07, 6.45) is 0.946. The Kier molecular flexibility index (Phi) is 4.04. The zero-order chi connectivity index (χ0) is 13.1. The van der Waals surface area contributed by atoms with E-state index in [-0.39, 0.29) is 5.78 Å². The van der Waals surface area contributed by atoms with Crippen molar-refractivity contribution in [2.75, 3.05) is 7.11 Å². The molecule has 0 radical (unpaired) electrons. The molecule has 0 saturated heterocycles. The summed E-state index contributed by atoms with van der Waals surface area (Å²) in [6.45, 7) is 2.07. The summed E-state index contributed by atoms with van der Waals surface area (Å²) >= 11 is 7.47. The molecule has 1 heterocycles. The summed E-state index contributed by atoms with van der Waals surface area (Å²) in [6, 6.07) is 8.94. The highest BCUT2D eigenvalue weighted by molar-refractivity contribution is 7.14. The normalized spacial score (nSPS) is 10.4. The van der Waals surface area contributed by atoms with E-state index < -0.39 is 0 Å². The van der Waals surface area contributed by atoms with Gasteiger partial charge in [0.05, 0.1) is 17.0 Å². The number of benzene rings is 1. The number of hydrogen-bond donors (Lipinski definition) is 0. The number of carbonyl (C=O) groups is 1. The molecule has 0 N–H and O–H groups in total. The number of ketones is 1. The van der Waals surface area contributed by atoms with E-state index in [1.54, 1.807) is 18.2 Å². The van der Waals surface area contributed by atoms with E-state index in [0.29, 0.717) is 16.3 Å². The largest absolute Gasteiger partial charge is 0.495 e. The molecule has 2 aromatic rings. The highest BCUT2D eigenvalue weighted by Gasteiger charge is 2.13. The van der Waals surface area contributed by atoms with E-state index in [4.69, 9.17) is 16.3 Å². The first-order valence-corrected chi connectivity index (χ1v) is 6.82. The lowest BCUT2D eigenvalue weighted by Crippen LogP contribution is -1.99. The van der Waals surface area contributed by atoms with Crippen molar-refractivity contribution in [2.24, 2.45) is 0 Å². The standard InChI is InChI=1S/C14H13ClO2S/c1-3-10-5-7-13(18-10)14(16)9-4-6-11(15)12(8-9)17-2/h4-8H,3H2,1-2H3. The Bertz CT molecular complexity index is 575. The molecule has 0 atom stereocenters. The Balaban J connectivity index is 2.33. The average molecular weight is 281 g/mol. The van der Waals surface area contributed by atoms with E-state index in [0.717, 1.165) is 11.3 Å². The molecular formula is C14H13ClO2S. The van der Waals surface area contributed by atoms with Crippen LogP contribution in [0.25, 0.3) is 0 Å². The van der Waals surface area contributed by atoms with Crippen LogP contribution < -0.4 is 4.74 Å². The zero-order valence-electron chi connectivity index (χ0n) is 10.2.